The summed E-state index contributed by atoms with van der Waals surface area (Å²) in [7, 11) is -3.76. The number of amides is 3. The Morgan fingerprint density at radius 1 is 1.15 bits per heavy atom. The number of anilines is 1. The van der Waals surface area contributed by atoms with Gasteiger partial charge < -0.3 is 15.1 Å². The highest BCUT2D eigenvalue weighted by molar-refractivity contribution is 7.89. The fourth-order valence-electron chi connectivity index (χ4n) is 3.18. The fourth-order valence-corrected chi connectivity index (χ4v) is 4.26. The Balaban J connectivity index is 1.51. The topological polar surface area (TPSA) is 116 Å². The van der Waals surface area contributed by atoms with E-state index in [1.165, 1.54) is 19.1 Å². The summed E-state index contributed by atoms with van der Waals surface area (Å²) in [5.74, 6) is -0.325. The van der Waals surface area contributed by atoms with Crippen LogP contribution in [0.1, 0.15) is 18.9 Å². The molecule has 2 N–H and O–H groups in total. The molecular formula is C17H22N4O5S. The van der Waals surface area contributed by atoms with Crippen LogP contribution in [-0.2, 0) is 30.8 Å². The highest BCUT2D eigenvalue weighted by atomic mass is 32.2. The van der Waals surface area contributed by atoms with Gasteiger partial charge in [-0.05, 0) is 23.8 Å². The molecule has 0 saturated carbocycles. The molecule has 1 aromatic rings. The molecule has 0 aromatic heterocycles. The zero-order valence-electron chi connectivity index (χ0n) is 15.0. The van der Waals surface area contributed by atoms with Crippen molar-refractivity contribution in [2.75, 3.05) is 38.0 Å². The van der Waals surface area contributed by atoms with Crippen molar-refractivity contribution in [2.45, 2.75) is 24.7 Å². The number of benzene rings is 1. The molecule has 0 atom stereocenters. The molecule has 1 saturated heterocycles. The Morgan fingerprint density at radius 3 is 2.48 bits per heavy atom. The molecular weight excluding hydrogens is 372 g/mol. The van der Waals surface area contributed by atoms with Crippen molar-refractivity contribution in [3.05, 3.63) is 23.8 Å². The summed E-state index contributed by atoms with van der Waals surface area (Å²) in [6, 6.07) is 4.46. The second-order valence-corrected chi connectivity index (χ2v) is 8.35. The summed E-state index contributed by atoms with van der Waals surface area (Å²) >= 11 is 0. The molecule has 2 heterocycles. The summed E-state index contributed by atoms with van der Waals surface area (Å²) in [5, 5.41) is 2.65. The molecule has 3 rings (SSSR count). The van der Waals surface area contributed by atoms with Crippen LogP contribution in [0.5, 0.6) is 0 Å². The highest BCUT2D eigenvalue weighted by Gasteiger charge is 2.24. The minimum absolute atomic E-state index is 0.0116. The van der Waals surface area contributed by atoms with Gasteiger partial charge in [0.25, 0.3) is 0 Å². The van der Waals surface area contributed by atoms with Crippen LogP contribution in [0, 0.1) is 0 Å². The van der Waals surface area contributed by atoms with Gasteiger partial charge in [-0.25, -0.2) is 13.1 Å². The first kappa shape index (κ1) is 19.3. The van der Waals surface area contributed by atoms with Gasteiger partial charge in [0.05, 0.1) is 11.3 Å². The molecule has 0 aliphatic carbocycles. The van der Waals surface area contributed by atoms with Crippen LogP contribution in [0.2, 0.25) is 0 Å². The van der Waals surface area contributed by atoms with Crippen LogP contribution in [-0.4, -0.2) is 68.7 Å². The Labute approximate surface area is 157 Å². The number of nitrogens with one attached hydrogen (secondary N) is 2. The predicted octanol–water partition coefficient (Wildman–Crippen LogP) is -0.460. The molecule has 0 bridgehead atoms. The molecule has 9 nitrogen and oxygen atoms in total. The molecule has 10 heteroatoms. The largest absolute Gasteiger partial charge is 0.339 e. The van der Waals surface area contributed by atoms with Crippen molar-refractivity contribution in [1.29, 1.82) is 0 Å². The minimum atomic E-state index is -3.76. The van der Waals surface area contributed by atoms with Gasteiger partial charge in [0.2, 0.25) is 27.7 Å². The van der Waals surface area contributed by atoms with E-state index in [0.717, 1.165) is 0 Å². The lowest BCUT2D eigenvalue weighted by atomic mass is 10.2. The zero-order chi connectivity index (χ0) is 19.6. The number of fused-ring (bicyclic) bond motifs is 1. The maximum absolute atomic E-state index is 12.4. The SMILES string of the molecule is CC(=O)N1CCN(C(=O)CCNS(=O)(=O)c2ccc3c(c2)CC(=O)N3)CC1. The molecule has 146 valence electrons. The second-order valence-electron chi connectivity index (χ2n) is 6.58. The lowest BCUT2D eigenvalue weighted by Crippen LogP contribution is -2.50. The van der Waals surface area contributed by atoms with E-state index in [1.807, 2.05) is 0 Å². The summed E-state index contributed by atoms with van der Waals surface area (Å²) in [6.07, 6.45) is 0.202. The lowest BCUT2D eigenvalue weighted by molar-refractivity contribution is -0.138. The van der Waals surface area contributed by atoms with Crippen molar-refractivity contribution >= 4 is 33.4 Å². The van der Waals surface area contributed by atoms with Crippen molar-refractivity contribution < 1.29 is 22.8 Å². The summed E-state index contributed by atoms with van der Waals surface area (Å²) < 4.78 is 27.2. The quantitative estimate of drug-likeness (QED) is 0.701. The van der Waals surface area contributed by atoms with Gasteiger partial charge >= 0.3 is 0 Å². The van der Waals surface area contributed by atoms with Crippen LogP contribution in [0.3, 0.4) is 0 Å². The molecule has 0 unspecified atom stereocenters. The average molecular weight is 394 g/mol. The Bertz CT molecular complexity index is 875. The molecule has 3 amide bonds. The lowest BCUT2D eigenvalue weighted by Gasteiger charge is -2.34. The monoisotopic (exact) mass is 394 g/mol. The second kappa shape index (κ2) is 7.65. The molecule has 27 heavy (non-hydrogen) atoms. The Hall–Kier alpha value is -2.46. The van der Waals surface area contributed by atoms with Gasteiger partial charge in [-0.3, -0.25) is 14.4 Å². The van der Waals surface area contributed by atoms with Crippen molar-refractivity contribution in [3.8, 4) is 0 Å². The summed E-state index contributed by atoms with van der Waals surface area (Å²) in [5.41, 5.74) is 1.26. The highest BCUT2D eigenvalue weighted by Crippen LogP contribution is 2.25. The number of piperazine rings is 1. The third-order valence-corrected chi connectivity index (χ3v) is 6.18. The molecule has 1 aromatic carbocycles. The van der Waals surface area contributed by atoms with Crippen molar-refractivity contribution in [2.24, 2.45) is 0 Å². The standard InChI is InChI=1S/C17H22N4O5S/c1-12(22)20-6-8-21(9-7-20)17(24)4-5-18-27(25,26)14-2-3-15-13(10-14)11-16(23)19-15/h2-3,10,18H,4-9,11H2,1H3,(H,19,23). The van der Waals surface area contributed by atoms with Gasteiger partial charge in [-0.1, -0.05) is 0 Å². The third-order valence-electron chi connectivity index (χ3n) is 4.72. The van der Waals surface area contributed by atoms with Gasteiger partial charge in [-0.2, -0.15) is 0 Å². The van der Waals surface area contributed by atoms with Crippen LogP contribution in [0.15, 0.2) is 23.1 Å². The summed E-state index contributed by atoms with van der Waals surface area (Å²) in [4.78, 5) is 38.3. The first-order valence-corrected chi connectivity index (χ1v) is 10.2. The van der Waals surface area contributed by atoms with Crippen molar-refractivity contribution in [1.82, 2.24) is 14.5 Å². The molecule has 2 aliphatic rings. The van der Waals surface area contributed by atoms with E-state index in [4.69, 9.17) is 0 Å². The van der Waals surface area contributed by atoms with Crippen LogP contribution < -0.4 is 10.0 Å². The number of nitrogens with zero attached hydrogens (tertiary/aromatic N) is 2. The predicted molar refractivity (Wildman–Crippen MR) is 97.4 cm³/mol. The Morgan fingerprint density at radius 2 is 1.81 bits per heavy atom. The van der Waals surface area contributed by atoms with Gasteiger partial charge in [-0.15, -0.1) is 0 Å². The molecule has 1 fully saturated rings. The van der Waals surface area contributed by atoms with Crippen molar-refractivity contribution in [3.63, 3.8) is 0 Å². The number of rotatable bonds is 5. The molecule has 0 radical (unpaired) electrons. The van der Waals surface area contributed by atoms with Crippen LogP contribution >= 0.6 is 0 Å². The Kier molecular flexibility index (Phi) is 5.47. The minimum Gasteiger partial charge on any atom is -0.339 e. The molecule has 0 spiro atoms. The van der Waals surface area contributed by atoms with E-state index in [2.05, 4.69) is 10.0 Å². The van der Waals surface area contributed by atoms with Gasteiger partial charge in [0, 0.05) is 51.8 Å². The number of hydrogen-bond acceptors (Lipinski definition) is 5. The molecule has 2 aliphatic heterocycles. The smallest absolute Gasteiger partial charge is 0.240 e. The summed E-state index contributed by atoms with van der Waals surface area (Å²) in [6.45, 7) is 3.39. The van der Waals surface area contributed by atoms with E-state index in [0.29, 0.717) is 37.4 Å². The number of hydrogen-bond donors (Lipinski definition) is 2. The maximum Gasteiger partial charge on any atom is 0.240 e. The van der Waals surface area contributed by atoms with E-state index in [1.54, 1.807) is 15.9 Å². The van der Waals surface area contributed by atoms with Crippen LogP contribution in [0.4, 0.5) is 5.69 Å². The third kappa shape index (κ3) is 4.45. The first-order chi connectivity index (χ1) is 12.8. The number of carbonyl (C=O) groups is 3. The van der Waals surface area contributed by atoms with Gasteiger partial charge in [0.15, 0.2) is 0 Å². The number of carbonyl (C=O) groups excluding carboxylic acids is 3. The van der Waals surface area contributed by atoms with E-state index < -0.39 is 10.0 Å². The van der Waals surface area contributed by atoms with E-state index in [-0.39, 0.29) is 42.0 Å². The van der Waals surface area contributed by atoms with Gasteiger partial charge in [0.1, 0.15) is 0 Å². The maximum atomic E-state index is 12.4. The number of sulfonamides is 1. The zero-order valence-corrected chi connectivity index (χ0v) is 15.8. The van der Waals surface area contributed by atoms with E-state index in [9.17, 15) is 22.8 Å². The average Bonchev–Trinajstić information content (AvgIpc) is 3.00. The van der Waals surface area contributed by atoms with Crippen LogP contribution in [0.25, 0.3) is 0 Å². The fraction of sp³-hybridized carbons (Fsp3) is 0.471. The first-order valence-electron chi connectivity index (χ1n) is 8.72. The normalized spacial score (nSPS) is 16.9. The van der Waals surface area contributed by atoms with E-state index >= 15 is 0 Å².